The largest absolute Gasteiger partial charge is 0.334 e. The van der Waals surface area contributed by atoms with Gasteiger partial charge in [0.1, 0.15) is 0 Å². The summed E-state index contributed by atoms with van der Waals surface area (Å²) in [6.45, 7) is 4.52. The highest BCUT2D eigenvalue weighted by atomic mass is 79.9. The van der Waals surface area contributed by atoms with Crippen molar-refractivity contribution in [2.24, 2.45) is 11.8 Å². The van der Waals surface area contributed by atoms with Crippen LogP contribution in [0.5, 0.6) is 0 Å². The molecular formula is C36H34BrN3O3. The monoisotopic (exact) mass is 635 g/mol. The molecule has 4 atom stereocenters. The zero-order valence-corrected chi connectivity index (χ0v) is 25.8. The van der Waals surface area contributed by atoms with Crippen molar-refractivity contribution >= 4 is 39.3 Å². The van der Waals surface area contributed by atoms with E-state index in [9.17, 15) is 14.4 Å². The summed E-state index contributed by atoms with van der Waals surface area (Å²) in [6, 6.07) is 33.5. The first-order valence-corrected chi connectivity index (χ1v) is 15.5. The molecule has 2 aliphatic rings. The molecule has 1 fully saturated rings. The molecule has 6 rings (SSSR count). The SMILES string of the molecule is CC(C)CC1C(c2ccccc2)C(C(=O)c2ccccc2)C2(C(=O)Nc3ccc(Br)cc32)N1C(=O)NCc1ccccc1. The zero-order chi connectivity index (χ0) is 30.1. The van der Waals surface area contributed by atoms with Crippen molar-refractivity contribution in [2.45, 2.75) is 44.3 Å². The number of hydrogen-bond donors (Lipinski definition) is 2. The van der Waals surface area contributed by atoms with E-state index < -0.39 is 23.4 Å². The van der Waals surface area contributed by atoms with Crippen LogP contribution in [0.3, 0.4) is 0 Å². The maximum Gasteiger partial charge on any atom is 0.319 e. The number of amides is 3. The standard InChI is InChI=1S/C36H34BrN3O3/c1-23(2)20-30-31(25-14-8-4-9-15-25)32(33(41)26-16-10-5-11-17-26)36(28-21-27(37)18-19-29(28)39-34(36)42)40(30)35(43)38-22-24-12-6-3-7-13-24/h3-19,21,23,30-32H,20,22H2,1-2H3,(H,38,43)(H,39,42). The zero-order valence-electron chi connectivity index (χ0n) is 24.2. The van der Waals surface area contributed by atoms with Crippen molar-refractivity contribution in [1.82, 2.24) is 10.2 Å². The van der Waals surface area contributed by atoms with Gasteiger partial charge >= 0.3 is 6.03 Å². The Morgan fingerprint density at radius 1 is 0.907 bits per heavy atom. The molecule has 4 aromatic carbocycles. The molecule has 0 radical (unpaired) electrons. The molecule has 7 heteroatoms. The Balaban J connectivity index is 1.61. The van der Waals surface area contributed by atoms with E-state index in [1.165, 1.54) is 0 Å². The average Bonchev–Trinajstić information content (AvgIpc) is 3.47. The maximum atomic E-state index is 14.9. The summed E-state index contributed by atoms with van der Waals surface area (Å²) in [5.74, 6) is -1.65. The molecule has 2 heterocycles. The van der Waals surface area contributed by atoms with Crippen LogP contribution in [0.2, 0.25) is 0 Å². The lowest BCUT2D eigenvalue weighted by Gasteiger charge is -2.39. The van der Waals surface area contributed by atoms with Gasteiger partial charge in [0.2, 0.25) is 0 Å². The van der Waals surface area contributed by atoms with Gasteiger partial charge in [0.25, 0.3) is 5.91 Å². The Morgan fingerprint density at radius 2 is 1.53 bits per heavy atom. The van der Waals surface area contributed by atoms with Gasteiger partial charge in [-0.05, 0) is 41.7 Å². The van der Waals surface area contributed by atoms with Gasteiger partial charge in [0.05, 0.1) is 5.92 Å². The topological polar surface area (TPSA) is 78.5 Å². The van der Waals surface area contributed by atoms with Crippen molar-refractivity contribution in [2.75, 3.05) is 5.32 Å². The summed E-state index contributed by atoms with van der Waals surface area (Å²) in [6.07, 6.45) is 0.606. The van der Waals surface area contributed by atoms with Crippen LogP contribution < -0.4 is 10.6 Å². The van der Waals surface area contributed by atoms with E-state index in [1.54, 1.807) is 17.0 Å². The van der Waals surface area contributed by atoms with Gasteiger partial charge in [0.15, 0.2) is 11.3 Å². The van der Waals surface area contributed by atoms with Crippen LogP contribution in [-0.4, -0.2) is 28.7 Å². The number of ketones is 1. The maximum absolute atomic E-state index is 14.9. The van der Waals surface area contributed by atoms with E-state index in [1.807, 2.05) is 97.1 Å². The van der Waals surface area contributed by atoms with Gasteiger partial charge in [-0.2, -0.15) is 0 Å². The first kappa shape index (κ1) is 28.9. The number of Topliss-reactive ketones (excluding diaryl/α,β-unsaturated/α-hetero) is 1. The van der Waals surface area contributed by atoms with Crippen LogP contribution in [0.25, 0.3) is 0 Å². The van der Waals surface area contributed by atoms with Gasteiger partial charge in [-0.3, -0.25) is 9.59 Å². The van der Waals surface area contributed by atoms with Crippen LogP contribution in [-0.2, 0) is 16.9 Å². The number of likely N-dealkylation sites (tertiary alicyclic amines) is 1. The first-order chi connectivity index (χ1) is 20.8. The molecule has 0 aliphatic carbocycles. The highest BCUT2D eigenvalue weighted by Gasteiger charge is 2.70. The summed E-state index contributed by atoms with van der Waals surface area (Å²) < 4.78 is 0.765. The second-order valence-electron chi connectivity index (χ2n) is 11.8. The van der Waals surface area contributed by atoms with Crippen molar-refractivity contribution in [1.29, 1.82) is 0 Å². The highest BCUT2D eigenvalue weighted by Crippen LogP contribution is 2.60. The fourth-order valence-electron chi connectivity index (χ4n) is 7.01. The average molecular weight is 637 g/mol. The predicted octanol–water partition coefficient (Wildman–Crippen LogP) is 7.52. The number of carbonyl (C=O) groups excluding carboxylic acids is 3. The van der Waals surface area contributed by atoms with Crippen molar-refractivity contribution < 1.29 is 14.4 Å². The molecule has 4 unspecified atom stereocenters. The molecule has 1 spiro atoms. The number of fused-ring (bicyclic) bond motifs is 2. The summed E-state index contributed by atoms with van der Waals surface area (Å²) in [5.41, 5.74) is 2.04. The molecule has 0 bridgehead atoms. The molecule has 2 N–H and O–H groups in total. The second kappa shape index (κ2) is 11.8. The van der Waals surface area contributed by atoms with Gasteiger partial charge in [0, 0.05) is 39.8 Å². The van der Waals surface area contributed by atoms with Crippen molar-refractivity contribution in [3.63, 3.8) is 0 Å². The normalized spacial score (nSPS) is 22.5. The molecule has 218 valence electrons. The minimum atomic E-state index is -1.58. The smallest absolute Gasteiger partial charge is 0.319 e. The first-order valence-electron chi connectivity index (χ1n) is 14.7. The lowest BCUT2D eigenvalue weighted by atomic mass is 9.69. The molecule has 3 amide bonds. The van der Waals surface area contributed by atoms with Crippen molar-refractivity contribution in [3.05, 3.63) is 136 Å². The molecule has 4 aromatic rings. The van der Waals surface area contributed by atoms with Crippen molar-refractivity contribution in [3.8, 4) is 0 Å². The number of benzene rings is 4. The Kier molecular flexibility index (Phi) is 7.93. The lowest BCUT2D eigenvalue weighted by molar-refractivity contribution is -0.126. The minimum absolute atomic E-state index is 0.162. The van der Waals surface area contributed by atoms with Crippen LogP contribution >= 0.6 is 15.9 Å². The van der Waals surface area contributed by atoms with Crippen LogP contribution in [0, 0.1) is 11.8 Å². The summed E-state index contributed by atoms with van der Waals surface area (Å²) in [7, 11) is 0. The quantitative estimate of drug-likeness (QED) is 0.206. The third-order valence-electron chi connectivity index (χ3n) is 8.67. The number of urea groups is 1. The summed E-state index contributed by atoms with van der Waals surface area (Å²) in [4.78, 5) is 45.8. The number of nitrogens with zero attached hydrogens (tertiary/aromatic N) is 1. The molecule has 1 saturated heterocycles. The third kappa shape index (κ3) is 5.06. The Hall–Kier alpha value is -4.23. The molecule has 2 aliphatic heterocycles. The summed E-state index contributed by atoms with van der Waals surface area (Å²) in [5, 5.41) is 6.18. The molecule has 0 aromatic heterocycles. The Bertz CT molecular complexity index is 1640. The van der Waals surface area contributed by atoms with Gasteiger partial charge < -0.3 is 15.5 Å². The van der Waals surface area contributed by atoms with E-state index in [0.717, 1.165) is 15.6 Å². The Morgan fingerprint density at radius 3 is 2.19 bits per heavy atom. The van der Waals surface area contributed by atoms with E-state index in [0.29, 0.717) is 29.8 Å². The molecule has 0 saturated carbocycles. The van der Waals surface area contributed by atoms with Gasteiger partial charge in [-0.1, -0.05) is 121 Å². The fourth-order valence-corrected chi connectivity index (χ4v) is 7.37. The van der Waals surface area contributed by atoms with Gasteiger partial charge in [-0.25, -0.2) is 4.79 Å². The van der Waals surface area contributed by atoms with Crippen LogP contribution in [0.4, 0.5) is 10.5 Å². The molecule has 6 nitrogen and oxygen atoms in total. The second-order valence-corrected chi connectivity index (χ2v) is 12.7. The Labute approximate surface area is 260 Å². The van der Waals surface area contributed by atoms with Crippen LogP contribution in [0.1, 0.15) is 53.2 Å². The lowest BCUT2D eigenvalue weighted by Crippen LogP contribution is -2.58. The van der Waals surface area contributed by atoms with E-state index in [2.05, 4.69) is 40.4 Å². The van der Waals surface area contributed by atoms with E-state index in [-0.39, 0.29) is 23.6 Å². The molecular weight excluding hydrogens is 602 g/mol. The predicted molar refractivity (Wildman–Crippen MR) is 172 cm³/mol. The van der Waals surface area contributed by atoms with E-state index in [4.69, 9.17) is 0 Å². The third-order valence-corrected chi connectivity index (χ3v) is 9.16. The van der Waals surface area contributed by atoms with Crippen LogP contribution in [0.15, 0.2) is 114 Å². The summed E-state index contributed by atoms with van der Waals surface area (Å²) >= 11 is 3.61. The number of rotatable bonds is 7. The fraction of sp³-hybridized carbons (Fsp3) is 0.250. The minimum Gasteiger partial charge on any atom is -0.334 e. The number of nitrogens with one attached hydrogen (secondary N) is 2. The van der Waals surface area contributed by atoms with E-state index >= 15 is 0 Å². The number of carbonyl (C=O) groups is 3. The number of halogens is 1. The van der Waals surface area contributed by atoms with Gasteiger partial charge in [-0.15, -0.1) is 0 Å². The number of hydrogen-bond acceptors (Lipinski definition) is 3. The highest BCUT2D eigenvalue weighted by molar-refractivity contribution is 9.10. The molecule has 43 heavy (non-hydrogen) atoms. The number of anilines is 1.